The number of nitriles is 1. The van der Waals surface area contributed by atoms with E-state index in [1.807, 2.05) is 6.07 Å². The van der Waals surface area contributed by atoms with Gasteiger partial charge in [-0.3, -0.25) is 4.79 Å². The first-order chi connectivity index (χ1) is 8.60. The number of amides is 2. The van der Waals surface area contributed by atoms with Gasteiger partial charge in [-0.2, -0.15) is 5.26 Å². The van der Waals surface area contributed by atoms with Crippen LogP contribution < -0.4 is 5.32 Å². The maximum atomic E-state index is 11.8. The van der Waals surface area contributed by atoms with Crippen molar-refractivity contribution < 1.29 is 19.1 Å². The Kier molecular flexibility index (Phi) is 3.19. The summed E-state index contributed by atoms with van der Waals surface area (Å²) in [7, 11) is 0. The molecule has 1 aromatic heterocycles. The average molecular weight is 249 g/mol. The Morgan fingerprint density at radius 3 is 3.11 bits per heavy atom. The lowest BCUT2D eigenvalue weighted by atomic mass is 10.2. The first-order valence-corrected chi connectivity index (χ1v) is 5.36. The molecule has 2 rings (SSSR count). The molecule has 0 spiro atoms. The molecule has 2 N–H and O–H groups in total. The molecular weight excluding hydrogens is 238 g/mol. The van der Waals surface area contributed by atoms with Gasteiger partial charge in [0.2, 0.25) is 11.7 Å². The molecule has 2 amide bonds. The number of nitrogens with zero attached hydrogens (tertiary/aromatic N) is 2. The Bertz CT molecular complexity index is 517. The topological polar surface area (TPSA) is 107 Å². The molecule has 1 aliphatic rings. The van der Waals surface area contributed by atoms with E-state index in [0.29, 0.717) is 19.5 Å². The van der Waals surface area contributed by atoms with E-state index in [2.05, 4.69) is 5.32 Å². The summed E-state index contributed by atoms with van der Waals surface area (Å²) in [6.07, 6.45) is 0.669. The van der Waals surface area contributed by atoms with Gasteiger partial charge in [0.1, 0.15) is 12.1 Å². The number of carboxylic acid groups (broad SMARTS) is 1. The molecule has 0 aliphatic carbocycles. The van der Waals surface area contributed by atoms with E-state index in [1.54, 1.807) is 6.07 Å². The van der Waals surface area contributed by atoms with Gasteiger partial charge in [-0.1, -0.05) is 0 Å². The third-order valence-electron chi connectivity index (χ3n) is 2.73. The number of rotatable bonds is 3. The van der Waals surface area contributed by atoms with Crippen molar-refractivity contribution in [3.05, 3.63) is 23.7 Å². The lowest BCUT2D eigenvalue weighted by Gasteiger charge is -2.15. The van der Waals surface area contributed by atoms with Gasteiger partial charge in [0, 0.05) is 18.7 Å². The molecule has 0 radical (unpaired) electrons. The summed E-state index contributed by atoms with van der Waals surface area (Å²) in [6.45, 7) is 0.804. The van der Waals surface area contributed by atoms with Gasteiger partial charge in [-0.05, 0) is 12.5 Å². The molecule has 0 aromatic carbocycles. The molecule has 1 fully saturated rings. The molecule has 94 valence electrons. The highest BCUT2D eigenvalue weighted by atomic mass is 16.4. The van der Waals surface area contributed by atoms with Crippen LogP contribution in [0.4, 0.5) is 4.79 Å². The minimum atomic E-state index is -1.20. The number of carbonyl (C=O) groups excluding carboxylic acids is 1. The zero-order valence-electron chi connectivity index (χ0n) is 9.42. The van der Waals surface area contributed by atoms with Gasteiger partial charge >= 0.3 is 6.09 Å². The van der Waals surface area contributed by atoms with E-state index in [9.17, 15) is 9.59 Å². The number of hydrogen-bond acceptors (Lipinski definition) is 4. The van der Waals surface area contributed by atoms with Crippen LogP contribution in [0.15, 0.2) is 16.7 Å². The van der Waals surface area contributed by atoms with Crippen molar-refractivity contribution in [1.82, 2.24) is 10.2 Å². The molecule has 7 nitrogen and oxygen atoms in total. The average Bonchev–Trinajstić information content (AvgIpc) is 2.90. The summed E-state index contributed by atoms with van der Waals surface area (Å²) >= 11 is 0. The van der Waals surface area contributed by atoms with Crippen LogP contribution >= 0.6 is 0 Å². The van der Waals surface area contributed by atoms with Crippen molar-refractivity contribution in [2.75, 3.05) is 6.54 Å². The molecule has 18 heavy (non-hydrogen) atoms. The normalized spacial score (nSPS) is 18.7. The second kappa shape index (κ2) is 4.79. The van der Waals surface area contributed by atoms with Gasteiger partial charge < -0.3 is 19.7 Å². The fraction of sp³-hybridized carbons (Fsp3) is 0.364. The molecule has 1 atom stereocenters. The maximum absolute atomic E-state index is 11.8. The molecule has 7 heteroatoms. The van der Waals surface area contributed by atoms with Crippen molar-refractivity contribution in [2.24, 2.45) is 0 Å². The van der Waals surface area contributed by atoms with Gasteiger partial charge in [0.25, 0.3) is 0 Å². The second-order valence-electron chi connectivity index (χ2n) is 3.98. The number of carbonyl (C=O) groups is 2. The maximum Gasteiger partial charge on any atom is 0.405 e. The Morgan fingerprint density at radius 1 is 1.72 bits per heavy atom. The summed E-state index contributed by atoms with van der Waals surface area (Å²) < 4.78 is 4.94. The van der Waals surface area contributed by atoms with E-state index in [1.165, 1.54) is 11.2 Å². The summed E-state index contributed by atoms with van der Waals surface area (Å²) in [5.41, 5.74) is 0.718. The van der Waals surface area contributed by atoms with Crippen LogP contribution in [0.25, 0.3) is 0 Å². The van der Waals surface area contributed by atoms with Crippen molar-refractivity contribution in [3.63, 3.8) is 0 Å². The van der Waals surface area contributed by atoms with Gasteiger partial charge in [-0.25, -0.2) is 4.79 Å². The summed E-state index contributed by atoms with van der Waals surface area (Å²) in [5.74, 6) is -0.0611. The van der Waals surface area contributed by atoms with Crippen LogP contribution in [0.5, 0.6) is 0 Å². The zero-order chi connectivity index (χ0) is 13.1. The number of furan rings is 1. The molecule has 0 bridgehead atoms. The van der Waals surface area contributed by atoms with Crippen molar-refractivity contribution >= 4 is 12.0 Å². The van der Waals surface area contributed by atoms with Crippen LogP contribution in [0.1, 0.15) is 17.7 Å². The van der Waals surface area contributed by atoms with Crippen molar-refractivity contribution in [1.29, 1.82) is 5.26 Å². The molecule has 1 unspecified atom stereocenters. The second-order valence-corrected chi connectivity index (χ2v) is 3.98. The van der Waals surface area contributed by atoms with Crippen LogP contribution in [-0.4, -0.2) is 34.6 Å². The summed E-state index contributed by atoms with van der Waals surface area (Å²) in [6, 6.07) is 2.74. The van der Waals surface area contributed by atoms with Crippen molar-refractivity contribution in [2.45, 2.75) is 19.0 Å². The number of likely N-dealkylation sites (tertiary alicyclic amines) is 1. The smallest absolute Gasteiger partial charge is 0.405 e. The molecule has 1 saturated heterocycles. The van der Waals surface area contributed by atoms with Gasteiger partial charge in [0.05, 0.1) is 6.26 Å². The Labute approximate surface area is 103 Å². The van der Waals surface area contributed by atoms with Crippen LogP contribution in [0.2, 0.25) is 0 Å². The lowest BCUT2D eigenvalue weighted by molar-refractivity contribution is -0.129. The quantitative estimate of drug-likeness (QED) is 0.812. The summed E-state index contributed by atoms with van der Waals surface area (Å²) in [5, 5.41) is 19.3. The van der Waals surface area contributed by atoms with Crippen LogP contribution in [0.3, 0.4) is 0 Å². The van der Waals surface area contributed by atoms with E-state index in [0.717, 1.165) is 5.56 Å². The van der Waals surface area contributed by atoms with E-state index >= 15 is 0 Å². The van der Waals surface area contributed by atoms with Gasteiger partial charge in [-0.15, -0.1) is 0 Å². The predicted molar refractivity (Wildman–Crippen MR) is 58.4 cm³/mol. The van der Waals surface area contributed by atoms with E-state index < -0.39 is 12.1 Å². The van der Waals surface area contributed by atoms with Crippen LogP contribution in [0, 0.1) is 11.3 Å². The lowest BCUT2D eigenvalue weighted by Crippen LogP contribution is -2.40. The molecule has 1 aliphatic heterocycles. The highest BCUT2D eigenvalue weighted by Crippen LogP contribution is 2.16. The monoisotopic (exact) mass is 249 g/mol. The number of hydrogen-bond donors (Lipinski definition) is 2. The third kappa shape index (κ3) is 2.43. The molecule has 1 aromatic rings. The van der Waals surface area contributed by atoms with E-state index in [-0.39, 0.29) is 11.7 Å². The summed E-state index contributed by atoms with van der Waals surface area (Å²) in [4.78, 5) is 23.8. The molecule has 2 heterocycles. The van der Waals surface area contributed by atoms with Crippen molar-refractivity contribution in [3.8, 4) is 6.07 Å². The van der Waals surface area contributed by atoms with Crippen LogP contribution in [-0.2, 0) is 11.3 Å². The van der Waals surface area contributed by atoms with E-state index in [4.69, 9.17) is 14.8 Å². The highest BCUT2D eigenvalue weighted by Gasteiger charge is 2.32. The fourth-order valence-electron chi connectivity index (χ4n) is 1.92. The first kappa shape index (κ1) is 12.0. The highest BCUT2D eigenvalue weighted by molar-refractivity contribution is 5.87. The third-order valence-corrected chi connectivity index (χ3v) is 2.73. The standard InChI is InChI=1S/C11H11N3O4/c12-4-8-3-7(6-18-8)5-14-2-1-9(10(14)15)13-11(16)17/h3,6,9,13H,1-2,5H2,(H,16,17). The minimum Gasteiger partial charge on any atom is -0.465 e. The molecule has 0 saturated carbocycles. The van der Waals surface area contributed by atoms with Gasteiger partial charge in [0.15, 0.2) is 0 Å². The Morgan fingerprint density at radius 2 is 2.50 bits per heavy atom. The predicted octanol–water partition coefficient (Wildman–Crippen LogP) is 0.520. The SMILES string of the molecule is N#Cc1cc(CN2CCC(NC(=O)O)C2=O)co1. The largest absolute Gasteiger partial charge is 0.465 e. The Balaban J connectivity index is 1.97. The number of nitrogens with one attached hydrogen (secondary N) is 1. The minimum absolute atomic E-state index is 0.192. The zero-order valence-corrected chi connectivity index (χ0v) is 9.42. The fourth-order valence-corrected chi connectivity index (χ4v) is 1.92. The molecular formula is C11H11N3O4. The Hall–Kier alpha value is -2.49. The first-order valence-electron chi connectivity index (χ1n) is 5.36.